The standard InChI is InChI=1S/C18H21NO/c1-3-19-13(2)14-4-6-15(7-5-14)16-8-9-17-11-20-12-18(17)10-16/h4-10,13,19H,3,11-12H2,1-2H3. The molecule has 2 aromatic carbocycles. The molecule has 2 nitrogen and oxygen atoms in total. The lowest BCUT2D eigenvalue weighted by molar-refractivity contribution is 0.134. The van der Waals surface area contributed by atoms with Gasteiger partial charge in [0.05, 0.1) is 13.2 Å². The maximum Gasteiger partial charge on any atom is 0.0725 e. The van der Waals surface area contributed by atoms with E-state index in [0.29, 0.717) is 6.04 Å². The summed E-state index contributed by atoms with van der Waals surface area (Å²) in [7, 11) is 0. The molecular formula is C18H21NO. The minimum Gasteiger partial charge on any atom is -0.372 e. The molecule has 1 N–H and O–H groups in total. The summed E-state index contributed by atoms with van der Waals surface area (Å²) in [6, 6.07) is 15.9. The number of hydrogen-bond donors (Lipinski definition) is 1. The van der Waals surface area contributed by atoms with Gasteiger partial charge in [0.25, 0.3) is 0 Å². The molecule has 0 aromatic heterocycles. The van der Waals surface area contributed by atoms with Gasteiger partial charge in [-0.1, -0.05) is 43.3 Å². The number of ether oxygens (including phenoxy) is 1. The molecule has 1 heterocycles. The third-order valence-corrected chi connectivity index (χ3v) is 3.98. The smallest absolute Gasteiger partial charge is 0.0725 e. The summed E-state index contributed by atoms with van der Waals surface area (Å²) in [5.74, 6) is 0. The van der Waals surface area contributed by atoms with Crippen LogP contribution in [-0.2, 0) is 18.0 Å². The first-order chi connectivity index (χ1) is 9.78. The van der Waals surface area contributed by atoms with E-state index in [0.717, 1.165) is 19.8 Å². The number of fused-ring (bicyclic) bond motifs is 1. The Labute approximate surface area is 120 Å². The second-order valence-corrected chi connectivity index (χ2v) is 5.38. The Morgan fingerprint density at radius 1 is 1.00 bits per heavy atom. The van der Waals surface area contributed by atoms with Gasteiger partial charge in [0, 0.05) is 6.04 Å². The molecule has 0 aliphatic carbocycles. The molecule has 3 rings (SSSR count). The Bertz CT molecular complexity index is 589. The summed E-state index contributed by atoms with van der Waals surface area (Å²) >= 11 is 0. The molecule has 2 aromatic rings. The third kappa shape index (κ3) is 2.62. The van der Waals surface area contributed by atoms with Crippen molar-refractivity contribution in [3.63, 3.8) is 0 Å². The van der Waals surface area contributed by atoms with Gasteiger partial charge in [-0.25, -0.2) is 0 Å². The zero-order chi connectivity index (χ0) is 13.9. The van der Waals surface area contributed by atoms with Crippen LogP contribution in [0.3, 0.4) is 0 Å². The Balaban J connectivity index is 1.84. The molecule has 0 radical (unpaired) electrons. The quantitative estimate of drug-likeness (QED) is 0.902. The Kier molecular flexibility index (Phi) is 3.86. The van der Waals surface area contributed by atoms with Crippen molar-refractivity contribution in [3.05, 3.63) is 59.2 Å². The van der Waals surface area contributed by atoms with Gasteiger partial charge in [0.15, 0.2) is 0 Å². The molecule has 0 amide bonds. The lowest BCUT2D eigenvalue weighted by Crippen LogP contribution is -2.17. The van der Waals surface area contributed by atoms with Crippen LogP contribution < -0.4 is 5.32 Å². The van der Waals surface area contributed by atoms with E-state index < -0.39 is 0 Å². The largest absolute Gasteiger partial charge is 0.372 e. The van der Waals surface area contributed by atoms with E-state index in [4.69, 9.17) is 4.74 Å². The SMILES string of the molecule is CCNC(C)c1ccc(-c2ccc3c(c2)COC3)cc1. The van der Waals surface area contributed by atoms with Crippen LogP contribution in [0.5, 0.6) is 0 Å². The van der Waals surface area contributed by atoms with Gasteiger partial charge < -0.3 is 10.1 Å². The van der Waals surface area contributed by atoms with E-state index in [-0.39, 0.29) is 0 Å². The Morgan fingerprint density at radius 2 is 1.70 bits per heavy atom. The first-order valence-electron chi connectivity index (χ1n) is 7.31. The molecule has 2 heteroatoms. The van der Waals surface area contributed by atoms with Gasteiger partial charge in [-0.2, -0.15) is 0 Å². The summed E-state index contributed by atoms with van der Waals surface area (Å²) in [4.78, 5) is 0. The number of nitrogens with one attached hydrogen (secondary N) is 1. The van der Waals surface area contributed by atoms with Gasteiger partial charge in [0.1, 0.15) is 0 Å². The molecule has 104 valence electrons. The van der Waals surface area contributed by atoms with Crippen LogP contribution in [0.4, 0.5) is 0 Å². The minimum absolute atomic E-state index is 0.405. The van der Waals surface area contributed by atoms with Crippen molar-refractivity contribution in [2.75, 3.05) is 6.54 Å². The highest BCUT2D eigenvalue weighted by molar-refractivity contribution is 5.65. The van der Waals surface area contributed by atoms with Gasteiger partial charge in [-0.3, -0.25) is 0 Å². The van der Waals surface area contributed by atoms with Crippen LogP contribution in [0.2, 0.25) is 0 Å². The monoisotopic (exact) mass is 267 g/mol. The van der Waals surface area contributed by atoms with E-state index in [1.807, 2.05) is 0 Å². The van der Waals surface area contributed by atoms with Crippen molar-refractivity contribution >= 4 is 0 Å². The maximum absolute atomic E-state index is 5.47. The Hall–Kier alpha value is -1.64. The fourth-order valence-electron chi connectivity index (χ4n) is 2.74. The second kappa shape index (κ2) is 5.78. The molecule has 1 atom stereocenters. The highest BCUT2D eigenvalue weighted by Gasteiger charge is 2.12. The highest BCUT2D eigenvalue weighted by Crippen LogP contribution is 2.27. The summed E-state index contributed by atoms with van der Waals surface area (Å²) in [5, 5.41) is 3.44. The van der Waals surface area contributed by atoms with Crippen molar-refractivity contribution in [2.45, 2.75) is 33.1 Å². The summed E-state index contributed by atoms with van der Waals surface area (Å²) in [6.45, 7) is 6.84. The Morgan fingerprint density at radius 3 is 2.45 bits per heavy atom. The predicted molar refractivity (Wildman–Crippen MR) is 82.5 cm³/mol. The zero-order valence-corrected chi connectivity index (χ0v) is 12.1. The fourth-order valence-corrected chi connectivity index (χ4v) is 2.74. The van der Waals surface area contributed by atoms with Gasteiger partial charge in [-0.05, 0) is 47.4 Å². The third-order valence-electron chi connectivity index (χ3n) is 3.98. The molecule has 0 fully saturated rings. The molecule has 0 saturated heterocycles. The number of hydrogen-bond acceptors (Lipinski definition) is 2. The summed E-state index contributed by atoms with van der Waals surface area (Å²) in [6.07, 6.45) is 0. The van der Waals surface area contributed by atoms with Crippen LogP contribution in [0.1, 0.15) is 36.6 Å². The average molecular weight is 267 g/mol. The van der Waals surface area contributed by atoms with Crippen LogP contribution in [0.15, 0.2) is 42.5 Å². The lowest BCUT2D eigenvalue weighted by atomic mass is 9.98. The van der Waals surface area contributed by atoms with Crippen LogP contribution in [0, 0.1) is 0 Å². The first kappa shape index (κ1) is 13.3. The van der Waals surface area contributed by atoms with Crippen LogP contribution in [-0.4, -0.2) is 6.54 Å². The molecule has 0 spiro atoms. The first-order valence-corrected chi connectivity index (χ1v) is 7.31. The lowest BCUT2D eigenvalue weighted by Gasteiger charge is -2.13. The second-order valence-electron chi connectivity index (χ2n) is 5.38. The summed E-state index contributed by atoms with van der Waals surface area (Å²) < 4.78 is 5.47. The minimum atomic E-state index is 0.405. The van der Waals surface area contributed by atoms with Crippen molar-refractivity contribution < 1.29 is 4.74 Å². The molecule has 1 aliphatic heterocycles. The molecule has 0 saturated carbocycles. The average Bonchev–Trinajstić information content (AvgIpc) is 2.95. The van der Waals surface area contributed by atoms with Gasteiger partial charge in [0.2, 0.25) is 0 Å². The van der Waals surface area contributed by atoms with E-state index >= 15 is 0 Å². The molecule has 0 bridgehead atoms. The van der Waals surface area contributed by atoms with E-state index in [9.17, 15) is 0 Å². The van der Waals surface area contributed by atoms with Crippen molar-refractivity contribution in [3.8, 4) is 11.1 Å². The fraction of sp³-hybridized carbons (Fsp3) is 0.333. The predicted octanol–water partition coefficient (Wildman–Crippen LogP) is 4.05. The number of rotatable bonds is 4. The highest BCUT2D eigenvalue weighted by atomic mass is 16.5. The van der Waals surface area contributed by atoms with Crippen molar-refractivity contribution in [1.82, 2.24) is 5.32 Å². The maximum atomic E-state index is 5.47. The van der Waals surface area contributed by atoms with E-state index in [1.165, 1.54) is 27.8 Å². The van der Waals surface area contributed by atoms with E-state index in [1.54, 1.807) is 0 Å². The summed E-state index contributed by atoms with van der Waals surface area (Å²) in [5.41, 5.74) is 6.53. The molecule has 20 heavy (non-hydrogen) atoms. The van der Waals surface area contributed by atoms with Crippen LogP contribution in [0.25, 0.3) is 11.1 Å². The zero-order valence-electron chi connectivity index (χ0n) is 12.1. The van der Waals surface area contributed by atoms with Gasteiger partial charge >= 0.3 is 0 Å². The normalized spacial score (nSPS) is 15.1. The number of benzene rings is 2. The van der Waals surface area contributed by atoms with Crippen molar-refractivity contribution in [2.24, 2.45) is 0 Å². The topological polar surface area (TPSA) is 21.3 Å². The van der Waals surface area contributed by atoms with Crippen LogP contribution >= 0.6 is 0 Å². The molecule has 1 unspecified atom stereocenters. The molecular weight excluding hydrogens is 246 g/mol. The molecule has 1 aliphatic rings. The van der Waals surface area contributed by atoms with Crippen molar-refractivity contribution in [1.29, 1.82) is 0 Å². The van der Waals surface area contributed by atoms with E-state index in [2.05, 4.69) is 61.6 Å². The van der Waals surface area contributed by atoms with Gasteiger partial charge in [-0.15, -0.1) is 0 Å².